The van der Waals surface area contributed by atoms with Crippen molar-refractivity contribution in [3.63, 3.8) is 0 Å². The van der Waals surface area contributed by atoms with Gasteiger partial charge in [-0.15, -0.1) is 12.3 Å². The van der Waals surface area contributed by atoms with Crippen LogP contribution in [0.5, 0.6) is 5.75 Å². The fraction of sp³-hybridized carbons (Fsp3) is 0.125. The SMILES string of the molecule is C#CCCc1ccc(C(=O)Oc2ccc(-c3ccc(C)cc3)c(F)c2)cc1. The van der Waals surface area contributed by atoms with E-state index in [0.717, 1.165) is 23.1 Å². The number of hydrogen-bond donors (Lipinski definition) is 0. The molecule has 3 aromatic carbocycles. The summed E-state index contributed by atoms with van der Waals surface area (Å²) in [5.74, 6) is 1.79. The van der Waals surface area contributed by atoms with Gasteiger partial charge in [-0.1, -0.05) is 42.0 Å². The topological polar surface area (TPSA) is 26.3 Å². The summed E-state index contributed by atoms with van der Waals surface area (Å²) < 4.78 is 19.8. The molecule has 0 aliphatic heterocycles. The summed E-state index contributed by atoms with van der Waals surface area (Å²) >= 11 is 0. The van der Waals surface area contributed by atoms with Crippen LogP contribution in [0.1, 0.15) is 27.9 Å². The fourth-order valence-corrected chi connectivity index (χ4v) is 2.72. The average Bonchev–Trinajstić information content (AvgIpc) is 2.68. The Morgan fingerprint density at radius 3 is 2.37 bits per heavy atom. The van der Waals surface area contributed by atoms with E-state index in [-0.39, 0.29) is 5.75 Å². The third-order valence-electron chi connectivity index (χ3n) is 4.26. The lowest BCUT2D eigenvalue weighted by atomic mass is 10.0. The number of aryl methyl sites for hydroxylation is 2. The van der Waals surface area contributed by atoms with E-state index >= 15 is 0 Å². The first kappa shape index (κ1) is 18.4. The number of benzene rings is 3. The van der Waals surface area contributed by atoms with Crippen LogP contribution in [0.4, 0.5) is 4.39 Å². The van der Waals surface area contributed by atoms with Crippen LogP contribution in [-0.2, 0) is 6.42 Å². The second-order valence-electron chi connectivity index (χ2n) is 6.30. The predicted molar refractivity (Wildman–Crippen MR) is 105 cm³/mol. The second kappa shape index (κ2) is 8.33. The zero-order chi connectivity index (χ0) is 19.2. The van der Waals surface area contributed by atoms with Gasteiger partial charge in [-0.2, -0.15) is 0 Å². The summed E-state index contributed by atoms with van der Waals surface area (Å²) in [6.07, 6.45) is 6.66. The number of ether oxygens (including phenoxy) is 1. The first-order valence-electron chi connectivity index (χ1n) is 8.68. The number of esters is 1. The Morgan fingerprint density at radius 2 is 1.74 bits per heavy atom. The van der Waals surface area contributed by atoms with Gasteiger partial charge in [0.05, 0.1) is 5.56 Å². The molecule has 0 aliphatic carbocycles. The maximum atomic E-state index is 14.5. The van der Waals surface area contributed by atoms with Gasteiger partial charge in [-0.3, -0.25) is 0 Å². The molecule has 0 unspecified atom stereocenters. The molecule has 0 aliphatic rings. The molecule has 3 rings (SSSR count). The first-order chi connectivity index (χ1) is 13.1. The molecular weight excluding hydrogens is 339 g/mol. The Hall–Kier alpha value is -3.38. The molecule has 0 amide bonds. The van der Waals surface area contributed by atoms with E-state index in [9.17, 15) is 9.18 Å². The van der Waals surface area contributed by atoms with Crippen LogP contribution >= 0.6 is 0 Å². The van der Waals surface area contributed by atoms with Crippen LogP contribution in [0.25, 0.3) is 11.1 Å². The summed E-state index contributed by atoms with van der Waals surface area (Å²) in [6.45, 7) is 1.98. The third-order valence-corrected chi connectivity index (χ3v) is 4.26. The van der Waals surface area contributed by atoms with Crippen molar-refractivity contribution >= 4 is 5.97 Å². The van der Waals surface area contributed by atoms with Crippen molar-refractivity contribution < 1.29 is 13.9 Å². The number of carbonyl (C=O) groups is 1. The molecule has 3 heteroatoms. The van der Waals surface area contributed by atoms with E-state index in [1.807, 2.05) is 43.3 Å². The Morgan fingerprint density at radius 1 is 1.04 bits per heavy atom. The van der Waals surface area contributed by atoms with Crippen molar-refractivity contribution in [3.05, 3.63) is 89.2 Å². The molecule has 27 heavy (non-hydrogen) atoms. The smallest absolute Gasteiger partial charge is 0.343 e. The highest BCUT2D eigenvalue weighted by Gasteiger charge is 2.12. The maximum Gasteiger partial charge on any atom is 0.343 e. The molecule has 134 valence electrons. The van der Waals surface area contributed by atoms with Gasteiger partial charge in [-0.05, 0) is 48.7 Å². The predicted octanol–water partition coefficient (Wildman–Crippen LogP) is 5.59. The molecule has 0 aromatic heterocycles. The molecule has 2 nitrogen and oxygen atoms in total. The highest BCUT2D eigenvalue weighted by atomic mass is 19.1. The lowest BCUT2D eigenvalue weighted by Crippen LogP contribution is -2.08. The Labute approximate surface area is 158 Å². The van der Waals surface area contributed by atoms with Gasteiger partial charge in [0.15, 0.2) is 0 Å². The molecule has 0 bridgehead atoms. The minimum absolute atomic E-state index is 0.171. The highest BCUT2D eigenvalue weighted by Crippen LogP contribution is 2.27. The highest BCUT2D eigenvalue weighted by molar-refractivity contribution is 5.91. The molecule has 0 N–H and O–H groups in total. The fourth-order valence-electron chi connectivity index (χ4n) is 2.72. The van der Waals surface area contributed by atoms with Crippen LogP contribution in [0.3, 0.4) is 0 Å². The van der Waals surface area contributed by atoms with E-state index in [0.29, 0.717) is 17.5 Å². The van der Waals surface area contributed by atoms with E-state index in [1.165, 1.54) is 6.07 Å². The summed E-state index contributed by atoms with van der Waals surface area (Å²) in [7, 11) is 0. The van der Waals surface area contributed by atoms with Crippen LogP contribution < -0.4 is 4.74 Å². The first-order valence-corrected chi connectivity index (χ1v) is 8.68. The number of terminal acetylenes is 1. The minimum atomic E-state index is -0.527. The Bertz CT molecular complexity index is 980. The number of carbonyl (C=O) groups excluding carboxylic acids is 1. The second-order valence-corrected chi connectivity index (χ2v) is 6.30. The zero-order valence-corrected chi connectivity index (χ0v) is 15.0. The van der Waals surface area contributed by atoms with Crippen LogP contribution in [0.15, 0.2) is 66.7 Å². The zero-order valence-electron chi connectivity index (χ0n) is 15.0. The Kier molecular flexibility index (Phi) is 5.68. The van der Waals surface area contributed by atoms with Gasteiger partial charge in [-0.25, -0.2) is 9.18 Å². The van der Waals surface area contributed by atoms with E-state index < -0.39 is 11.8 Å². The van der Waals surface area contributed by atoms with Gasteiger partial charge in [0.25, 0.3) is 0 Å². The molecule has 0 atom stereocenters. The lowest BCUT2D eigenvalue weighted by Gasteiger charge is -2.08. The summed E-state index contributed by atoms with van der Waals surface area (Å²) in [6, 6.07) is 19.1. The average molecular weight is 358 g/mol. The number of halogens is 1. The van der Waals surface area contributed by atoms with Gasteiger partial charge >= 0.3 is 5.97 Å². The molecule has 3 aromatic rings. The van der Waals surface area contributed by atoms with Crippen molar-refractivity contribution in [1.29, 1.82) is 0 Å². The van der Waals surface area contributed by atoms with E-state index in [4.69, 9.17) is 11.2 Å². The van der Waals surface area contributed by atoms with Crippen molar-refractivity contribution in [2.75, 3.05) is 0 Å². The number of rotatable bonds is 5. The Balaban J connectivity index is 1.72. The van der Waals surface area contributed by atoms with E-state index in [2.05, 4.69) is 5.92 Å². The summed E-state index contributed by atoms with van der Waals surface area (Å²) in [5, 5.41) is 0. The normalized spacial score (nSPS) is 10.3. The molecule has 0 heterocycles. The third kappa shape index (κ3) is 4.62. The summed E-state index contributed by atoms with van der Waals surface area (Å²) in [4.78, 5) is 12.3. The van der Waals surface area contributed by atoms with Crippen LogP contribution in [-0.4, -0.2) is 5.97 Å². The van der Waals surface area contributed by atoms with Gasteiger partial charge in [0.2, 0.25) is 0 Å². The summed E-state index contributed by atoms with van der Waals surface area (Å²) in [5.41, 5.74) is 3.81. The minimum Gasteiger partial charge on any atom is -0.423 e. The van der Waals surface area contributed by atoms with Crippen molar-refractivity contribution in [1.82, 2.24) is 0 Å². The van der Waals surface area contributed by atoms with Crippen molar-refractivity contribution in [2.45, 2.75) is 19.8 Å². The van der Waals surface area contributed by atoms with Gasteiger partial charge < -0.3 is 4.74 Å². The van der Waals surface area contributed by atoms with Crippen molar-refractivity contribution in [3.8, 4) is 29.2 Å². The maximum absolute atomic E-state index is 14.5. The lowest BCUT2D eigenvalue weighted by molar-refractivity contribution is 0.0734. The quantitative estimate of drug-likeness (QED) is 0.338. The number of hydrogen-bond acceptors (Lipinski definition) is 2. The molecule has 0 fully saturated rings. The van der Waals surface area contributed by atoms with E-state index in [1.54, 1.807) is 24.3 Å². The van der Waals surface area contributed by atoms with Gasteiger partial charge in [0.1, 0.15) is 11.6 Å². The monoisotopic (exact) mass is 358 g/mol. The van der Waals surface area contributed by atoms with Gasteiger partial charge in [0, 0.05) is 18.1 Å². The molecule has 0 spiro atoms. The molecule has 0 saturated heterocycles. The van der Waals surface area contributed by atoms with Crippen LogP contribution in [0, 0.1) is 25.1 Å². The molecule has 0 radical (unpaired) electrons. The molecule has 0 saturated carbocycles. The largest absolute Gasteiger partial charge is 0.423 e. The van der Waals surface area contributed by atoms with Crippen molar-refractivity contribution in [2.24, 2.45) is 0 Å². The standard InChI is InChI=1S/C24H19FO2/c1-3-4-5-18-8-12-20(13-9-18)24(26)27-21-14-15-22(23(25)16-21)19-10-6-17(2)7-11-19/h1,6-16H,4-5H2,2H3. The van der Waals surface area contributed by atoms with Crippen LogP contribution in [0.2, 0.25) is 0 Å². The molecular formula is C24H19FO2.